The zero-order valence-electron chi connectivity index (χ0n) is 10.5. The lowest BCUT2D eigenvalue weighted by atomic mass is 10.2. The van der Waals surface area contributed by atoms with E-state index in [1.807, 2.05) is 0 Å². The third kappa shape index (κ3) is 2.92. The molecule has 0 amide bonds. The van der Waals surface area contributed by atoms with E-state index in [0.29, 0.717) is 4.31 Å². The van der Waals surface area contributed by atoms with Gasteiger partial charge in [0.2, 0.25) is 10.0 Å². The standard InChI is InChI=1S/C10H13F2NO5S/c1-5-8(10(14)15)9(6(2)18-5)19(16,17)13(3)4-7(11)12/h7H,4H2,1-3H3,(H,14,15). The summed E-state index contributed by atoms with van der Waals surface area (Å²) in [6, 6.07) is 0. The molecule has 0 radical (unpaired) electrons. The van der Waals surface area contributed by atoms with Crippen LogP contribution in [0.5, 0.6) is 0 Å². The van der Waals surface area contributed by atoms with Crippen LogP contribution in [0.15, 0.2) is 9.31 Å². The molecule has 9 heteroatoms. The molecule has 0 bridgehead atoms. The molecule has 1 N–H and O–H groups in total. The summed E-state index contributed by atoms with van der Waals surface area (Å²) in [6.45, 7) is 1.54. The minimum atomic E-state index is -4.34. The number of carboxylic acid groups (broad SMARTS) is 1. The molecular formula is C10H13F2NO5S. The van der Waals surface area contributed by atoms with Crippen molar-refractivity contribution in [2.45, 2.75) is 25.2 Å². The molecule has 0 aliphatic heterocycles. The molecule has 1 heterocycles. The number of hydrogen-bond acceptors (Lipinski definition) is 4. The van der Waals surface area contributed by atoms with Crippen LogP contribution in [0.2, 0.25) is 0 Å². The number of carbonyl (C=O) groups is 1. The number of hydrogen-bond donors (Lipinski definition) is 1. The summed E-state index contributed by atoms with van der Waals surface area (Å²) in [4.78, 5) is 10.5. The lowest BCUT2D eigenvalue weighted by Crippen LogP contribution is -2.32. The summed E-state index contributed by atoms with van der Waals surface area (Å²) in [5, 5.41) is 9.00. The van der Waals surface area contributed by atoms with E-state index in [2.05, 4.69) is 0 Å². The van der Waals surface area contributed by atoms with Gasteiger partial charge in [-0.05, 0) is 13.8 Å². The Balaban J connectivity index is 3.41. The Hall–Kier alpha value is -1.48. The molecule has 0 aliphatic rings. The molecule has 0 unspecified atom stereocenters. The number of aryl methyl sites for hydroxylation is 2. The first-order chi connectivity index (χ1) is 8.59. The van der Waals surface area contributed by atoms with Crippen LogP contribution < -0.4 is 0 Å². The number of alkyl halides is 2. The molecule has 0 spiro atoms. The summed E-state index contributed by atoms with van der Waals surface area (Å²) in [5.74, 6) is -1.72. The predicted molar refractivity (Wildman–Crippen MR) is 61.0 cm³/mol. The van der Waals surface area contributed by atoms with Crippen LogP contribution in [0.1, 0.15) is 21.9 Å². The van der Waals surface area contributed by atoms with Crippen molar-refractivity contribution in [3.8, 4) is 0 Å². The molecule has 0 fully saturated rings. The average molecular weight is 297 g/mol. The number of aromatic carboxylic acids is 1. The highest BCUT2D eigenvalue weighted by Gasteiger charge is 2.34. The van der Waals surface area contributed by atoms with E-state index in [0.717, 1.165) is 7.05 Å². The van der Waals surface area contributed by atoms with E-state index in [1.165, 1.54) is 13.8 Å². The Kier molecular flexibility index (Phi) is 4.31. The van der Waals surface area contributed by atoms with E-state index in [-0.39, 0.29) is 11.5 Å². The van der Waals surface area contributed by atoms with Crippen molar-refractivity contribution in [1.29, 1.82) is 0 Å². The first kappa shape index (κ1) is 15.6. The normalized spacial score (nSPS) is 12.4. The molecule has 1 aromatic rings. The first-order valence-electron chi connectivity index (χ1n) is 5.16. The first-order valence-corrected chi connectivity index (χ1v) is 6.60. The number of carboxylic acids is 1. The summed E-state index contributed by atoms with van der Waals surface area (Å²) in [5.41, 5.74) is -0.529. The molecule has 6 nitrogen and oxygen atoms in total. The van der Waals surface area contributed by atoms with Crippen LogP contribution in [0.3, 0.4) is 0 Å². The zero-order valence-corrected chi connectivity index (χ0v) is 11.3. The topological polar surface area (TPSA) is 87.8 Å². The van der Waals surface area contributed by atoms with Crippen molar-refractivity contribution in [2.24, 2.45) is 0 Å². The summed E-state index contributed by atoms with van der Waals surface area (Å²) in [7, 11) is -3.39. The minimum absolute atomic E-state index is 0.0889. The summed E-state index contributed by atoms with van der Waals surface area (Å²) >= 11 is 0. The fourth-order valence-electron chi connectivity index (χ4n) is 1.67. The largest absolute Gasteiger partial charge is 0.478 e. The summed E-state index contributed by atoms with van der Waals surface area (Å²) in [6.07, 6.45) is -2.86. The molecule has 0 saturated heterocycles. The van der Waals surface area contributed by atoms with Crippen LogP contribution in [0, 0.1) is 13.8 Å². The van der Waals surface area contributed by atoms with Gasteiger partial charge < -0.3 is 9.52 Å². The number of halogens is 2. The van der Waals surface area contributed by atoms with Crippen molar-refractivity contribution < 1.29 is 31.5 Å². The minimum Gasteiger partial charge on any atom is -0.478 e. The van der Waals surface area contributed by atoms with Crippen LogP contribution in [0.4, 0.5) is 8.78 Å². The smallest absolute Gasteiger partial charge is 0.340 e. The maximum atomic E-state index is 12.3. The average Bonchev–Trinajstić information content (AvgIpc) is 2.52. The van der Waals surface area contributed by atoms with E-state index in [1.54, 1.807) is 0 Å². The van der Waals surface area contributed by atoms with Gasteiger partial charge in [-0.3, -0.25) is 0 Å². The zero-order chi connectivity index (χ0) is 15.0. The Bertz CT molecular complexity index is 593. The molecule has 1 rings (SSSR count). The number of sulfonamides is 1. The van der Waals surface area contributed by atoms with Gasteiger partial charge in [0.1, 0.15) is 22.0 Å². The van der Waals surface area contributed by atoms with Crippen LogP contribution in [0.25, 0.3) is 0 Å². The fraction of sp³-hybridized carbons (Fsp3) is 0.500. The van der Waals surface area contributed by atoms with Crippen molar-refractivity contribution in [2.75, 3.05) is 13.6 Å². The van der Waals surface area contributed by atoms with Gasteiger partial charge in [0.05, 0.1) is 6.54 Å². The molecule has 0 aromatic carbocycles. The highest BCUT2D eigenvalue weighted by atomic mass is 32.2. The molecule has 0 saturated carbocycles. The van der Waals surface area contributed by atoms with Gasteiger partial charge in [-0.1, -0.05) is 0 Å². The highest BCUT2D eigenvalue weighted by molar-refractivity contribution is 7.89. The van der Waals surface area contributed by atoms with Crippen LogP contribution in [-0.4, -0.2) is 43.8 Å². The maximum Gasteiger partial charge on any atom is 0.340 e. The second-order valence-electron chi connectivity index (χ2n) is 3.90. The van der Waals surface area contributed by atoms with Gasteiger partial charge in [-0.25, -0.2) is 22.0 Å². The molecule has 1 aromatic heterocycles. The maximum absolute atomic E-state index is 12.3. The van der Waals surface area contributed by atoms with E-state index >= 15 is 0 Å². The second kappa shape index (κ2) is 5.25. The molecule has 19 heavy (non-hydrogen) atoms. The van der Waals surface area contributed by atoms with Crippen molar-refractivity contribution in [3.63, 3.8) is 0 Å². The van der Waals surface area contributed by atoms with Gasteiger partial charge in [0.15, 0.2) is 0 Å². The Labute approximate surface area is 108 Å². The third-order valence-corrected chi connectivity index (χ3v) is 4.46. The van der Waals surface area contributed by atoms with Gasteiger partial charge in [-0.15, -0.1) is 0 Å². The number of nitrogens with zero attached hydrogens (tertiary/aromatic N) is 1. The molecule has 0 aliphatic carbocycles. The van der Waals surface area contributed by atoms with Crippen molar-refractivity contribution in [3.05, 3.63) is 17.1 Å². The van der Waals surface area contributed by atoms with Gasteiger partial charge in [0, 0.05) is 7.05 Å². The van der Waals surface area contributed by atoms with Crippen LogP contribution >= 0.6 is 0 Å². The van der Waals surface area contributed by atoms with Gasteiger partial charge in [-0.2, -0.15) is 4.31 Å². The molecule has 0 atom stereocenters. The molecular weight excluding hydrogens is 284 g/mol. The molecule has 108 valence electrons. The van der Waals surface area contributed by atoms with Gasteiger partial charge in [0.25, 0.3) is 6.43 Å². The number of furan rings is 1. The monoisotopic (exact) mass is 297 g/mol. The van der Waals surface area contributed by atoms with Gasteiger partial charge >= 0.3 is 5.97 Å². The lowest BCUT2D eigenvalue weighted by molar-refractivity contribution is 0.0691. The number of rotatable bonds is 5. The highest BCUT2D eigenvalue weighted by Crippen LogP contribution is 2.28. The fourth-order valence-corrected chi connectivity index (χ4v) is 3.18. The SMILES string of the molecule is Cc1oc(C)c(S(=O)(=O)N(C)CC(F)F)c1C(=O)O. The Morgan fingerprint density at radius 1 is 1.37 bits per heavy atom. The summed E-state index contributed by atoms with van der Waals surface area (Å²) < 4.78 is 54.1. The predicted octanol–water partition coefficient (Wildman–Crippen LogP) is 1.48. The third-order valence-electron chi connectivity index (χ3n) is 2.48. The quantitative estimate of drug-likeness (QED) is 0.889. The van der Waals surface area contributed by atoms with E-state index in [9.17, 15) is 22.0 Å². The van der Waals surface area contributed by atoms with E-state index in [4.69, 9.17) is 9.52 Å². The van der Waals surface area contributed by atoms with Crippen LogP contribution in [-0.2, 0) is 10.0 Å². The second-order valence-corrected chi connectivity index (χ2v) is 5.88. The Morgan fingerprint density at radius 3 is 2.32 bits per heavy atom. The lowest BCUT2D eigenvalue weighted by Gasteiger charge is -2.16. The van der Waals surface area contributed by atoms with Crippen molar-refractivity contribution >= 4 is 16.0 Å². The van der Waals surface area contributed by atoms with E-state index < -0.39 is 39.4 Å². The van der Waals surface area contributed by atoms with Crippen molar-refractivity contribution in [1.82, 2.24) is 4.31 Å². The Morgan fingerprint density at radius 2 is 1.89 bits per heavy atom.